The first-order valence-electron chi connectivity index (χ1n) is 10.6. The first kappa shape index (κ1) is 28.1. The summed E-state index contributed by atoms with van der Waals surface area (Å²) in [7, 11) is 5.07. The van der Waals surface area contributed by atoms with Crippen LogP contribution in [0.4, 0.5) is 4.79 Å². The van der Waals surface area contributed by atoms with Crippen molar-refractivity contribution in [3.8, 4) is 11.5 Å². The van der Waals surface area contributed by atoms with Crippen LogP contribution in [0.3, 0.4) is 0 Å². The number of nitrogens with zero attached hydrogens (tertiary/aromatic N) is 2. The lowest BCUT2D eigenvalue weighted by atomic mass is 10.2. The van der Waals surface area contributed by atoms with E-state index in [1.165, 1.54) is 0 Å². The van der Waals surface area contributed by atoms with Crippen molar-refractivity contribution in [2.24, 2.45) is 4.99 Å². The molecule has 1 amide bonds. The van der Waals surface area contributed by atoms with Crippen molar-refractivity contribution in [1.82, 2.24) is 20.9 Å². The van der Waals surface area contributed by atoms with Crippen LogP contribution in [-0.2, 0) is 11.3 Å². The second-order valence-corrected chi connectivity index (χ2v) is 8.51. The summed E-state index contributed by atoms with van der Waals surface area (Å²) in [4.78, 5) is 18.4. The minimum Gasteiger partial charge on any atom is -0.497 e. The fourth-order valence-electron chi connectivity index (χ4n) is 3.36. The number of alkyl carbamates (subject to hydrolysis) is 1. The SMILES string of the molecule is CN=C(NCCNC(=O)OC(C)(C)C)NC1CCN(Cc2cc(OC)cc(OC)c2)C1.I. The van der Waals surface area contributed by atoms with Gasteiger partial charge < -0.3 is 30.2 Å². The Kier molecular flexibility index (Phi) is 11.9. The fraction of sp³-hybridized carbons (Fsp3) is 0.636. The second kappa shape index (κ2) is 13.6. The molecule has 1 aromatic carbocycles. The summed E-state index contributed by atoms with van der Waals surface area (Å²) in [5, 5.41) is 9.41. The number of rotatable bonds is 8. The van der Waals surface area contributed by atoms with Crippen LogP contribution in [-0.4, -0.2) is 76.0 Å². The Morgan fingerprint density at radius 2 is 1.75 bits per heavy atom. The molecule has 0 aromatic heterocycles. The predicted octanol–water partition coefficient (Wildman–Crippen LogP) is 2.59. The van der Waals surface area contributed by atoms with Crippen LogP contribution in [0.1, 0.15) is 32.8 Å². The molecule has 1 unspecified atom stereocenters. The van der Waals surface area contributed by atoms with Gasteiger partial charge in [-0.1, -0.05) is 0 Å². The summed E-state index contributed by atoms with van der Waals surface area (Å²) in [6, 6.07) is 6.27. The van der Waals surface area contributed by atoms with Crippen LogP contribution in [0.25, 0.3) is 0 Å². The lowest BCUT2D eigenvalue weighted by Gasteiger charge is -2.21. The molecule has 1 fully saturated rings. The molecule has 0 spiro atoms. The zero-order valence-corrected chi connectivity index (χ0v) is 22.3. The highest BCUT2D eigenvalue weighted by molar-refractivity contribution is 14.0. The molecule has 0 radical (unpaired) electrons. The quantitative estimate of drug-likeness (QED) is 0.194. The molecule has 10 heteroatoms. The zero-order chi connectivity index (χ0) is 22.9. The lowest BCUT2D eigenvalue weighted by molar-refractivity contribution is 0.0529. The molecular formula is C22H38IN5O4. The van der Waals surface area contributed by atoms with Crippen LogP contribution >= 0.6 is 24.0 Å². The van der Waals surface area contributed by atoms with Crippen molar-refractivity contribution < 1.29 is 19.0 Å². The summed E-state index contributed by atoms with van der Waals surface area (Å²) >= 11 is 0. The molecule has 0 bridgehead atoms. The van der Waals surface area contributed by atoms with Crippen molar-refractivity contribution in [3.63, 3.8) is 0 Å². The third-order valence-corrected chi connectivity index (χ3v) is 4.74. The van der Waals surface area contributed by atoms with Crippen LogP contribution < -0.4 is 25.4 Å². The van der Waals surface area contributed by atoms with E-state index in [2.05, 4.69) is 25.8 Å². The van der Waals surface area contributed by atoms with Crippen molar-refractivity contribution in [3.05, 3.63) is 23.8 Å². The highest BCUT2D eigenvalue weighted by Gasteiger charge is 2.23. The van der Waals surface area contributed by atoms with E-state index in [9.17, 15) is 4.79 Å². The summed E-state index contributed by atoms with van der Waals surface area (Å²) in [6.45, 7) is 9.26. The molecular weight excluding hydrogens is 525 g/mol. The van der Waals surface area contributed by atoms with Crippen LogP contribution in [0, 0.1) is 0 Å². The van der Waals surface area contributed by atoms with Gasteiger partial charge in [-0.3, -0.25) is 9.89 Å². The molecule has 1 heterocycles. The first-order valence-corrected chi connectivity index (χ1v) is 10.6. The number of likely N-dealkylation sites (tertiary alicyclic amines) is 1. The average Bonchev–Trinajstić information content (AvgIpc) is 3.15. The van der Waals surface area contributed by atoms with E-state index in [4.69, 9.17) is 14.2 Å². The highest BCUT2D eigenvalue weighted by Crippen LogP contribution is 2.24. The zero-order valence-electron chi connectivity index (χ0n) is 20.0. The normalized spacial score (nSPS) is 16.7. The van der Waals surface area contributed by atoms with E-state index < -0.39 is 11.7 Å². The highest BCUT2D eigenvalue weighted by atomic mass is 127. The van der Waals surface area contributed by atoms with Crippen LogP contribution in [0.2, 0.25) is 0 Å². The summed E-state index contributed by atoms with van der Waals surface area (Å²) in [5.41, 5.74) is 0.659. The molecule has 1 saturated heterocycles. The average molecular weight is 563 g/mol. The minimum atomic E-state index is -0.501. The van der Waals surface area contributed by atoms with Crippen molar-refractivity contribution in [2.45, 2.75) is 45.4 Å². The summed E-state index contributed by atoms with van der Waals surface area (Å²) < 4.78 is 16.0. The van der Waals surface area contributed by atoms with E-state index in [-0.39, 0.29) is 24.0 Å². The number of ether oxygens (including phenoxy) is 3. The predicted molar refractivity (Wildman–Crippen MR) is 137 cm³/mol. The van der Waals surface area contributed by atoms with E-state index >= 15 is 0 Å². The number of nitrogens with one attached hydrogen (secondary N) is 3. The molecule has 9 nitrogen and oxygen atoms in total. The summed E-state index contributed by atoms with van der Waals surface area (Å²) in [5.74, 6) is 2.32. The number of hydrogen-bond donors (Lipinski definition) is 3. The molecule has 0 saturated carbocycles. The smallest absolute Gasteiger partial charge is 0.407 e. The Morgan fingerprint density at radius 3 is 2.31 bits per heavy atom. The van der Waals surface area contributed by atoms with E-state index in [1.807, 2.05) is 39.0 Å². The van der Waals surface area contributed by atoms with Crippen molar-refractivity contribution >= 4 is 36.0 Å². The topological polar surface area (TPSA) is 96.5 Å². The van der Waals surface area contributed by atoms with E-state index in [0.29, 0.717) is 19.1 Å². The number of halogens is 1. The summed E-state index contributed by atoms with van der Waals surface area (Å²) in [6.07, 6.45) is 0.607. The Bertz CT molecular complexity index is 732. The van der Waals surface area contributed by atoms with Gasteiger partial charge in [-0.05, 0) is 44.9 Å². The second-order valence-electron chi connectivity index (χ2n) is 8.51. The van der Waals surface area contributed by atoms with Gasteiger partial charge in [0.15, 0.2) is 5.96 Å². The Morgan fingerprint density at radius 1 is 1.12 bits per heavy atom. The van der Waals surface area contributed by atoms with Crippen LogP contribution in [0.5, 0.6) is 11.5 Å². The molecule has 1 aromatic rings. The van der Waals surface area contributed by atoms with E-state index in [0.717, 1.165) is 49.1 Å². The van der Waals surface area contributed by atoms with Crippen LogP contribution in [0.15, 0.2) is 23.2 Å². The molecule has 182 valence electrons. The maximum Gasteiger partial charge on any atom is 0.407 e. The van der Waals surface area contributed by atoms with Gasteiger partial charge in [0.1, 0.15) is 17.1 Å². The van der Waals surface area contributed by atoms with Crippen molar-refractivity contribution in [2.75, 3.05) is 47.4 Å². The Hall–Kier alpha value is -1.95. The molecule has 0 aliphatic carbocycles. The molecule has 1 atom stereocenters. The maximum absolute atomic E-state index is 11.7. The van der Waals surface area contributed by atoms with Gasteiger partial charge in [0.2, 0.25) is 0 Å². The maximum atomic E-state index is 11.7. The first-order chi connectivity index (χ1) is 14.7. The minimum absolute atomic E-state index is 0. The standard InChI is InChI=1S/C22H37N5O4.HI/c1-22(2,3)31-21(28)25-9-8-24-20(23-4)26-17-7-10-27(15-17)14-16-11-18(29-5)13-19(12-16)30-6;/h11-13,17H,7-10,14-15H2,1-6H3,(H,25,28)(H2,23,24,26);1H. The van der Waals surface area contributed by atoms with Gasteiger partial charge in [0.25, 0.3) is 0 Å². The van der Waals surface area contributed by atoms with E-state index in [1.54, 1.807) is 21.3 Å². The lowest BCUT2D eigenvalue weighted by Crippen LogP contribution is -2.46. The molecule has 3 N–H and O–H groups in total. The van der Waals surface area contributed by atoms with Gasteiger partial charge in [-0.25, -0.2) is 4.79 Å². The third-order valence-electron chi connectivity index (χ3n) is 4.74. The van der Waals surface area contributed by atoms with Crippen molar-refractivity contribution in [1.29, 1.82) is 0 Å². The number of methoxy groups -OCH3 is 2. The molecule has 1 aliphatic heterocycles. The number of carbonyl (C=O) groups is 1. The monoisotopic (exact) mass is 563 g/mol. The molecule has 2 rings (SSSR count). The number of benzene rings is 1. The number of amides is 1. The van der Waals surface area contributed by atoms with Gasteiger partial charge >= 0.3 is 6.09 Å². The number of guanidine groups is 1. The fourth-order valence-corrected chi connectivity index (χ4v) is 3.36. The third kappa shape index (κ3) is 10.1. The van der Waals surface area contributed by atoms with Gasteiger partial charge in [-0.15, -0.1) is 24.0 Å². The largest absolute Gasteiger partial charge is 0.497 e. The Labute approximate surface area is 208 Å². The van der Waals surface area contributed by atoms with Gasteiger partial charge in [0, 0.05) is 51.9 Å². The molecule has 1 aliphatic rings. The number of carbonyl (C=O) groups excluding carboxylic acids is 1. The number of hydrogen-bond acceptors (Lipinski definition) is 6. The molecule has 32 heavy (non-hydrogen) atoms. The number of aliphatic imine (C=N–C) groups is 1. The Balaban J connectivity index is 0.00000512. The van der Waals surface area contributed by atoms with Gasteiger partial charge in [-0.2, -0.15) is 0 Å². The van der Waals surface area contributed by atoms with Gasteiger partial charge in [0.05, 0.1) is 14.2 Å².